The lowest BCUT2D eigenvalue weighted by Gasteiger charge is -2.30. The average molecular weight is 233 g/mol. The van der Waals surface area contributed by atoms with Crippen molar-refractivity contribution in [2.45, 2.75) is 58.0 Å². The van der Waals surface area contributed by atoms with Crippen LogP contribution in [0.2, 0.25) is 0 Å². The van der Waals surface area contributed by atoms with E-state index in [0.29, 0.717) is 6.54 Å². The van der Waals surface area contributed by atoms with E-state index in [0.717, 1.165) is 0 Å². The van der Waals surface area contributed by atoms with Crippen molar-refractivity contribution in [2.75, 3.05) is 6.54 Å². The summed E-state index contributed by atoms with van der Waals surface area (Å²) in [4.78, 5) is 13.0. The van der Waals surface area contributed by atoms with Crippen LogP contribution in [0.5, 0.6) is 0 Å². The number of hydrogen-bond acceptors (Lipinski definition) is 3. The van der Waals surface area contributed by atoms with Crippen LogP contribution in [0.4, 0.5) is 9.18 Å². The highest BCUT2D eigenvalue weighted by molar-refractivity contribution is 5.69. The quantitative estimate of drug-likeness (QED) is 0.750. The van der Waals surface area contributed by atoms with Gasteiger partial charge in [-0.25, -0.2) is 9.18 Å². The number of carbonyl (C=O) groups excluding carboxylic acids is 1. The van der Waals surface area contributed by atoms with E-state index in [9.17, 15) is 14.3 Å². The molecule has 0 radical (unpaired) electrons. The van der Waals surface area contributed by atoms with Crippen molar-refractivity contribution in [2.24, 2.45) is 0 Å². The van der Waals surface area contributed by atoms with Gasteiger partial charge in [-0.1, -0.05) is 0 Å². The van der Waals surface area contributed by atoms with Gasteiger partial charge in [-0.15, -0.1) is 0 Å². The van der Waals surface area contributed by atoms with E-state index in [1.165, 1.54) is 11.8 Å². The molecule has 1 aliphatic rings. The maximum atomic E-state index is 13.5. The van der Waals surface area contributed by atoms with Gasteiger partial charge in [-0.05, 0) is 34.1 Å². The summed E-state index contributed by atoms with van der Waals surface area (Å²) in [5, 5.41) is 9.45. The van der Waals surface area contributed by atoms with E-state index < -0.39 is 30.0 Å². The summed E-state index contributed by atoms with van der Waals surface area (Å²) >= 11 is 0. The molecule has 1 fully saturated rings. The van der Waals surface area contributed by atoms with Crippen molar-refractivity contribution in [3.05, 3.63) is 0 Å². The summed E-state index contributed by atoms with van der Waals surface area (Å²) in [6.45, 7) is 7.05. The second kappa shape index (κ2) is 4.57. The Hall–Kier alpha value is -0.840. The molecule has 94 valence electrons. The lowest BCUT2D eigenvalue weighted by atomic mass is 10.1. The highest BCUT2D eigenvalue weighted by Gasteiger charge is 2.41. The highest BCUT2D eigenvalue weighted by Crippen LogP contribution is 2.25. The van der Waals surface area contributed by atoms with E-state index in [2.05, 4.69) is 0 Å². The van der Waals surface area contributed by atoms with Gasteiger partial charge in [0.15, 0.2) is 0 Å². The van der Waals surface area contributed by atoms with Crippen molar-refractivity contribution < 1.29 is 19.0 Å². The normalized spacial score (nSPS) is 28.0. The molecule has 16 heavy (non-hydrogen) atoms. The van der Waals surface area contributed by atoms with Crippen LogP contribution in [0.25, 0.3) is 0 Å². The first-order valence-electron chi connectivity index (χ1n) is 5.54. The summed E-state index contributed by atoms with van der Waals surface area (Å²) in [7, 11) is 0. The number of ether oxygens (including phenoxy) is 1. The molecule has 1 amide bonds. The number of aliphatic hydroxyl groups is 1. The van der Waals surface area contributed by atoms with Crippen LogP contribution in [0, 0.1) is 0 Å². The summed E-state index contributed by atoms with van der Waals surface area (Å²) in [5.74, 6) is 0. The SMILES string of the molecule is C[C@@H](O)[C@@H]1[C@H](F)CCN1C(=O)OC(C)(C)C. The Morgan fingerprint density at radius 3 is 2.56 bits per heavy atom. The van der Waals surface area contributed by atoms with E-state index in [-0.39, 0.29) is 6.42 Å². The van der Waals surface area contributed by atoms with Crippen LogP contribution in [-0.2, 0) is 4.74 Å². The number of alkyl halides is 1. The maximum absolute atomic E-state index is 13.5. The first kappa shape index (κ1) is 13.2. The molecular formula is C11H20FNO3. The predicted molar refractivity (Wildman–Crippen MR) is 57.9 cm³/mol. The van der Waals surface area contributed by atoms with E-state index in [4.69, 9.17) is 4.74 Å². The second-order valence-electron chi connectivity index (χ2n) is 5.21. The number of rotatable bonds is 1. The Morgan fingerprint density at radius 1 is 1.56 bits per heavy atom. The van der Waals surface area contributed by atoms with Crippen LogP contribution in [-0.4, -0.2) is 46.6 Å². The van der Waals surface area contributed by atoms with Crippen LogP contribution >= 0.6 is 0 Å². The van der Waals surface area contributed by atoms with Crippen molar-refractivity contribution in [1.29, 1.82) is 0 Å². The molecule has 0 aliphatic carbocycles. The molecule has 1 rings (SSSR count). The zero-order valence-corrected chi connectivity index (χ0v) is 10.2. The highest BCUT2D eigenvalue weighted by atomic mass is 19.1. The second-order valence-corrected chi connectivity index (χ2v) is 5.21. The predicted octanol–water partition coefficient (Wildman–Crippen LogP) is 1.71. The average Bonchev–Trinajstić information content (AvgIpc) is 2.43. The molecule has 1 saturated heterocycles. The number of amides is 1. The van der Waals surface area contributed by atoms with Gasteiger partial charge >= 0.3 is 6.09 Å². The first-order chi connectivity index (χ1) is 7.22. The Labute approximate surface area is 95.4 Å². The lowest BCUT2D eigenvalue weighted by Crippen LogP contribution is -2.47. The van der Waals surface area contributed by atoms with Crippen LogP contribution < -0.4 is 0 Å². The minimum atomic E-state index is -1.17. The monoisotopic (exact) mass is 233 g/mol. The van der Waals surface area contributed by atoms with Gasteiger partial charge in [0.1, 0.15) is 11.8 Å². The molecule has 0 unspecified atom stereocenters. The van der Waals surface area contributed by atoms with Crippen molar-refractivity contribution >= 4 is 6.09 Å². The third-order valence-electron chi connectivity index (χ3n) is 2.50. The fourth-order valence-electron chi connectivity index (χ4n) is 1.87. The molecule has 1 aliphatic heterocycles. The third-order valence-corrected chi connectivity index (χ3v) is 2.50. The Bertz CT molecular complexity index is 262. The number of likely N-dealkylation sites (tertiary alicyclic amines) is 1. The minimum Gasteiger partial charge on any atom is -0.444 e. The van der Waals surface area contributed by atoms with Crippen LogP contribution in [0.1, 0.15) is 34.1 Å². The summed E-state index contributed by atoms with van der Waals surface area (Å²) in [6, 6.07) is -0.783. The van der Waals surface area contributed by atoms with Crippen molar-refractivity contribution in [3.8, 4) is 0 Å². The maximum Gasteiger partial charge on any atom is 0.410 e. The number of carbonyl (C=O) groups is 1. The molecule has 0 aromatic carbocycles. The Kier molecular flexibility index (Phi) is 3.78. The van der Waals surface area contributed by atoms with E-state index in [1.807, 2.05) is 0 Å². The fourth-order valence-corrected chi connectivity index (χ4v) is 1.87. The molecule has 3 atom stereocenters. The lowest BCUT2D eigenvalue weighted by molar-refractivity contribution is -0.0000955. The molecule has 4 nitrogen and oxygen atoms in total. The topological polar surface area (TPSA) is 49.8 Å². The largest absolute Gasteiger partial charge is 0.444 e. The molecular weight excluding hydrogens is 213 g/mol. The zero-order chi connectivity index (χ0) is 12.5. The Morgan fingerprint density at radius 2 is 2.12 bits per heavy atom. The Balaban J connectivity index is 2.69. The molecule has 0 aromatic rings. The zero-order valence-electron chi connectivity index (χ0n) is 10.2. The molecule has 1 N–H and O–H groups in total. The molecule has 0 saturated carbocycles. The van der Waals surface area contributed by atoms with Crippen LogP contribution in [0.3, 0.4) is 0 Å². The smallest absolute Gasteiger partial charge is 0.410 e. The van der Waals surface area contributed by atoms with Gasteiger partial charge in [-0.2, -0.15) is 0 Å². The summed E-state index contributed by atoms with van der Waals surface area (Å²) in [5.41, 5.74) is -0.602. The standard InChI is InChI=1S/C11H20FNO3/c1-7(14)9-8(12)5-6-13(9)10(15)16-11(2,3)4/h7-9,14H,5-6H2,1-4H3/t7-,8-,9-/m1/s1. The van der Waals surface area contributed by atoms with Crippen molar-refractivity contribution in [1.82, 2.24) is 4.90 Å². The van der Waals surface area contributed by atoms with Gasteiger partial charge in [0.25, 0.3) is 0 Å². The first-order valence-corrected chi connectivity index (χ1v) is 5.54. The number of nitrogens with zero attached hydrogens (tertiary/aromatic N) is 1. The number of hydrogen-bond donors (Lipinski definition) is 1. The number of halogens is 1. The van der Waals surface area contributed by atoms with E-state index >= 15 is 0 Å². The number of aliphatic hydroxyl groups excluding tert-OH is 1. The summed E-state index contributed by atoms with van der Waals surface area (Å²) in [6.07, 6.45) is -2.36. The van der Waals surface area contributed by atoms with Gasteiger partial charge in [-0.3, -0.25) is 4.90 Å². The van der Waals surface area contributed by atoms with Gasteiger partial charge in [0.2, 0.25) is 0 Å². The molecule has 5 heteroatoms. The van der Waals surface area contributed by atoms with Crippen LogP contribution in [0.15, 0.2) is 0 Å². The molecule has 0 bridgehead atoms. The van der Waals surface area contributed by atoms with E-state index in [1.54, 1.807) is 20.8 Å². The molecule has 0 aromatic heterocycles. The van der Waals surface area contributed by atoms with Crippen molar-refractivity contribution in [3.63, 3.8) is 0 Å². The fraction of sp³-hybridized carbons (Fsp3) is 0.909. The molecule has 0 spiro atoms. The minimum absolute atomic E-state index is 0.259. The van der Waals surface area contributed by atoms with Gasteiger partial charge in [0, 0.05) is 6.54 Å². The van der Waals surface area contributed by atoms with Gasteiger partial charge in [0.05, 0.1) is 12.1 Å². The third kappa shape index (κ3) is 3.07. The van der Waals surface area contributed by atoms with Gasteiger partial charge < -0.3 is 9.84 Å². The summed E-state index contributed by atoms with van der Waals surface area (Å²) < 4.78 is 18.6. The molecule has 1 heterocycles.